The van der Waals surface area contributed by atoms with Gasteiger partial charge in [-0.15, -0.1) is 0 Å². The van der Waals surface area contributed by atoms with Crippen molar-refractivity contribution in [3.05, 3.63) is 32.2 Å². The Bertz CT molecular complexity index is 395. The van der Waals surface area contributed by atoms with E-state index in [2.05, 4.69) is 15.9 Å². The van der Waals surface area contributed by atoms with Gasteiger partial charge in [0.25, 0.3) is 5.56 Å². The van der Waals surface area contributed by atoms with Gasteiger partial charge in [0.2, 0.25) is 0 Å². The first-order valence-electron chi connectivity index (χ1n) is 4.57. The Morgan fingerprint density at radius 3 is 2.62 bits per heavy atom. The summed E-state index contributed by atoms with van der Waals surface area (Å²) in [6, 6.07) is 0. The van der Waals surface area contributed by atoms with Crippen LogP contribution >= 0.6 is 15.9 Å². The fourth-order valence-corrected chi connectivity index (χ4v) is 2.67. The second-order valence-corrected chi connectivity index (χ2v) is 4.41. The van der Waals surface area contributed by atoms with Gasteiger partial charge in [-0.1, -0.05) is 0 Å². The predicted octanol–water partition coefficient (Wildman–Crippen LogP) is 2.03. The second-order valence-electron chi connectivity index (χ2n) is 3.56. The molecule has 0 fully saturated rings. The minimum Gasteiger partial charge on any atom is -0.317 e. The van der Waals surface area contributed by atoms with Gasteiger partial charge in [-0.05, 0) is 47.2 Å². The average molecular weight is 242 g/mol. The molecule has 2 nitrogen and oxygen atoms in total. The molecule has 0 bridgehead atoms. The number of nitrogens with zero attached hydrogens (tertiary/aromatic N) is 1. The number of aryl methyl sites for hydroxylation is 1. The Morgan fingerprint density at radius 2 is 1.92 bits per heavy atom. The molecule has 1 heterocycles. The third-order valence-corrected chi connectivity index (χ3v) is 3.32. The summed E-state index contributed by atoms with van der Waals surface area (Å²) in [7, 11) is 1.81. The van der Waals surface area contributed by atoms with E-state index in [1.807, 2.05) is 13.2 Å². The lowest BCUT2D eigenvalue weighted by Crippen LogP contribution is -2.25. The summed E-state index contributed by atoms with van der Waals surface area (Å²) in [5, 5.41) is 0. The number of rotatable bonds is 0. The smallest absolute Gasteiger partial charge is 0.253 e. The van der Waals surface area contributed by atoms with Crippen molar-refractivity contribution in [2.45, 2.75) is 25.7 Å². The first-order valence-corrected chi connectivity index (χ1v) is 5.36. The molecule has 0 unspecified atom stereocenters. The standard InChI is InChI=1S/C10H12BrNO/c1-12-6-9(11)7-4-2-3-5-8(7)10(12)13/h6H,2-5H2,1H3. The van der Waals surface area contributed by atoms with Crippen molar-refractivity contribution in [1.29, 1.82) is 0 Å². The molecule has 0 spiro atoms. The zero-order chi connectivity index (χ0) is 9.42. The molecule has 0 atom stereocenters. The lowest BCUT2D eigenvalue weighted by Gasteiger charge is -2.17. The van der Waals surface area contributed by atoms with Gasteiger partial charge in [0.15, 0.2) is 0 Å². The molecule has 3 heteroatoms. The summed E-state index contributed by atoms with van der Waals surface area (Å²) in [4.78, 5) is 11.7. The SMILES string of the molecule is Cn1cc(Br)c2c(c1=O)CCCC2. The van der Waals surface area contributed by atoms with Crippen molar-refractivity contribution in [2.24, 2.45) is 7.05 Å². The molecule has 0 amide bonds. The van der Waals surface area contributed by atoms with Crippen LogP contribution in [0.25, 0.3) is 0 Å². The van der Waals surface area contributed by atoms with Gasteiger partial charge in [-0.3, -0.25) is 4.79 Å². The third-order valence-electron chi connectivity index (χ3n) is 2.64. The second kappa shape index (κ2) is 3.29. The summed E-state index contributed by atoms with van der Waals surface area (Å²) >= 11 is 3.51. The molecule has 13 heavy (non-hydrogen) atoms. The van der Waals surface area contributed by atoms with Gasteiger partial charge in [0, 0.05) is 23.3 Å². The summed E-state index contributed by atoms with van der Waals surface area (Å²) in [6.45, 7) is 0. The van der Waals surface area contributed by atoms with Gasteiger partial charge in [-0.25, -0.2) is 0 Å². The first kappa shape index (κ1) is 9.00. The van der Waals surface area contributed by atoms with Gasteiger partial charge in [0.1, 0.15) is 0 Å². The third kappa shape index (κ3) is 1.46. The van der Waals surface area contributed by atoms with Crippen LogP contribution in [0, 0.1) is 0 Å². The van der Waals surface area contributed by atoms with Gasteiger partial charge in [-0.2, -0.15) is 0 Å². The van der Waals surface area contributed by atoms with E-state index < -0.39 is 0 Å². The highest BCUT2D eigenvalue weighted by Gasteiger charge is 2.16. The number of halogens is 1. The summed E-state index contributed by atoms with van der Waals surface area (Å²) < 4.78 is 2.75. The first-order chi connectivity index (χ1) is 6.20. The number of pyridine rings is 1. The van der Waals surface area contributed by atoms with Crippen molar-refractivity contribution >= 4 is 15.9 Å². The van der Waals surface area contributed by atoms with Crippen molar-refractivity contribution in [3.63, 3.8) is 0 Å². The van der Waals surface area contributed by atoms with Crippen LogP contribution in [0.2, 0.25) is 0 Å². The van der Waals surface area contributed by atoms with Crippen molar-refractivity contribution in [3.8, 4) is 0 Å². The van der Waals surface area contributed by atoms with Crippen LogP contribution in [0.5, 0.6) is 0 Å². The Morgan fingerprint density at radius 1 is 1.31 bits per heavy atom. The molecule has 1 aliphatic rings. The quantitative estimate of drug-likeness (QED) is 0.682. The number of hydrogen-bond donors (Lipinski definition) is 0. The van der Waals surface area contributed by atoms with E-state index >= 15 is 0 Å². The van der Waals surface area contributed by atoms with E-state index in [-0.39, 0.29) is 5.56 Å². The van der Waals surface area contributed by atoms with E-state index in [4.69, 9.17) is 0 Å². The number of hydrogen-bond acceptors (Lipinski definition) is 1. The number of fused-ring (bicyclic) bond motifs is 1. The lowest BCUT2D eigenvalue weighted by atomic mass is 9.93. The molecule has 0 saturated heterocycles. The highest BCUT2D eigenvalue weighted by Crippen LogP contribution is 2.25. The Balaban J connectivity index is 2.70. The zero-order valence-electron chi connectivity index (χ0n) is 7.64. The molecule has 70 valence electrons. The maximum Gasteiger partial charge on any atom is 0.253 e. The minimum atomic E-state index is 0.179. The summed E-state index contributed by atoms with van der Waals surface area (Å²) in [5.41, 5.74) is 2.43. The normalized spacial score (nSPS) is 15.5. The molecule has 0 aliphatic heterocycles. The van der Waals surface area contributed by atoms with E-state index in [1.165, 1.54) is 12.0 Å². The van der Waals surface area contributed by atoms with Crippen molar-refractivity contribution < 1.29 is 0 Å². The fraction of sp³-hybridized carbons (Fsp3) is 0.500. The molecule has 0 aromatic carbocycles. The van der Waals surface area contributed by atoms with Crippen LogP contribution in [0.3, 0.4) is 0 Å². The highest BCUT2D eigenvalue weighted by molar-refractivity contribution is 9.10. The van der Waals surface area contributed by atoms with Crippen LogP contribution in [0.4, 0.5) is 0 Å². The van der Waals surface area contributed by atoms with Crippen LogP contribution in [-0.2, 0) is 19.9 Å². The Labute approximate surface area is 85.7 Å². The average Bonchev–Trinajstić information content (AvgIpc) is 2.15. The molecular formula is C10H12BrNO. The monoisotopic (exact) mass is 241 g/mol. The molecule has 1 aromatic heterocycles. The van der Waals surface area contributed by atoms with Gasteiger partial charge >= 0.3 is 0 Å². The molecule has 1 aromatic rings. The van der Waals surface area contributed by atoms with Crippen LogP contribution < -0.4 is 5.56 Å². The zero-order valence-corrected chi connectivity index (χ0v) is 9.23. The van der Waals surface area contributed by atoms with Gasteiger partial charge in [0.05, 0.1) is 0 Å². The predicted molar refractivity (Wildman–Crippen MR) is 56.0 cm³/mol. The summed E-state index contributed by atoms with van der Waals surface area (Å²) in [6.07, 6.45) is 6.22. The molecule has 2 rings (SSSR count). The maximum absolute atomic E-state index is 11.7. The molecule has 1 aliphatic carbocycles. The van der Waals surface area contributed by atoms with E-state index in [9.17, 15) is 4.79 Å². The Kier molecular flexibility index (Phi) is 2.28. The number of aromatic nitrogens is 1. The molecular weight excluding hydrogens is 230 g/mol. The lowest BCUT2D eigenvalue weighted by molar-refractivity contribution is 0.659. The van der Waals surface area contributed by atoms with E-state index in [1.54, 1.807) is 4.57 Å². The van der Waals surface area contributed by atoms with Crippen LogP contribution in [0.1, 0.15) is 24.0 Å². The van der Waals surface area contributed by atoms with Gasteiger partial charge < -0.3 is 4.57 Å². The van der Waals surface area contributed by atoms with Crippen LogP contribution in [0.15, 0.2) is 15.5 Å². The summed E-state index contributed by atoms with van der Waals surface area (Å²) in [5.74, 6) is 0. The van der Waals surface area contributed by atoms with Crippen molar-refractivity contribution in [1.82, 2.24) is 4.57 Å². The van der Waals surface area contributed by atoms with E-state index in [0.29, 0.717) is 0 Å². The fourth-order valence-electron chi connectivity index (χ4n) is 1.92. The maximum atomic E-state index is 11.7. The topological polar surface area (TPSA) is 22.0 Å². The van der Waals surface area contributed by atoms with E-state index in [0.717, 1.165) is 29.3 Å². The Hall–Kier alpha value is -0.570. The molecule has 0 saturated carbocycles. The van der Waals surface area contributed by atoms with Crippen LogP contribution in [-0.4, -0.2) is 4.57 Å². The molecule has 0 N–H and O–H groups in total. The minimum absolute atomic E-state index is 0.179. The largest absolute Gasteiger partial charge is 0.317 e. The highest BCUT2D eigenvalue weighted by atomic mass is 79.9. The van der Waals surface area contributed by atoms with Crippen molar-refractivity contribution in [2.75, 3.05) is 0 Å². The molecule has 0 radical (unpaired) electrons.